The van der Waals surface area contributed by atoms with Gasteiger partial charge in [-0.05, 0) is 111 Å². The summed E-state index contributed by atoms with van der Waals surface area (Å²) in [7, 11) is 5.33. The number of methoxy groups -OCH3 is 4. The molecular formula is C53H71N15O13. The lowest BCUT2D eigenvalue weighted by atomic mass is 10.1. The van der Waals surface area contributed by atoms with E-state index in [4.69, 9.17) is 53.3 Å². The van der Waals surface area contributed by atoms with Gasteiger partial charge in [-0.15, -0.1) is 0 Å². The highest BCUT2D eigenvalue weighted by atomic mass is 16.5. The molecule has 4 atom stereocenters. The standard InChI is InChI=1S/C53H71N15O13/c1-6-10-37(49(75)64-30-15-19-43(81-5)35(25-30)47(73)68-39(12-9-22-61-53(58)59)51(77)63-28-13-17-40(78-2)32(23-28)44(55)70)66-45(71)34-26-31(16-20-42(34)80-4)65-50(76)38(11-7-8-21-60-52(56)57)67-46(72)33-24-29(14-18-41(33)79-3)62-48(74)36(54)27-69/h13-20,23-26,36-39,69H,6-12,21-22,27,54H2,1-5H3,(H2,55,70)(H,62,74)(H,63,77)(H,64,75)(H,65,76)(H,66,71)(H,67,72)(H,68,73)(H4,56,57,60)(H4,58,59,61)/t36-,37-,38-,39-/m1/s1. The maximum Gasteiger partial charge on any atom is 0.255 e. The van der Waals surface area contributed by atoms with Crippen molar-refractivity contribution in [3.8, 4) is 23.0 Å². The summed E-state index contributed by atoms with van der Waals surface area (Å²) in [5.41, 5.74) is 33.4. The number of benzene rings is 4. The Kier molecular flexibility index (Phi) is 24.9. The maximum absolute atomic E-state index is 14.1. The van der Waals surface area contributed by atoms with Crippen LogP contribution in [0.15, 0.2) is 82.8 Å². The molecule has 4 aromatic carbocycles. The zero-order valence-electron chi connectivity index (χ0n) is 45.5. The summed E-state index contributed by atoms with van der Waals surface area (Å²) >= 11 is 0. The molecule has 0 saturated carbocycles. The van der Waals surface area contributed by atoms with Gasteiger partial charge in [0.15, 0.2) is 11.9 Å². The number of aliphatic imine (C=N–C) groups is 2. The topological polar surface area (TPSA) is 459 Å². The van der Waals surface area contributed by atoms with Crippen molar-refractivity contribution in [2.24, 2.45) is 44.4 Å². The Morgan fingerprint density at radius 3 is 1.12 bits per heavy atom. The maximum atomic E-state index is 14.1. The summed E-state index contributed by atoms with van der Waals surface area (Å²) in [6, 6.07) is 12.1. The predicted octanol–water partition coefficient (Wildman–Crippen LogP) is 0.587. The summed E-state index contributed by atoms with van der Waals surface area (Å²) in [5.74, 6) is -5.67. The molecule has 28 nitrogen and oxygen atoms in total. The monoisotopic (exact) mass is 1130 g/mol. The van der Waals surface area contributed by atoms with Gasteiger partial charge in [0.1, 0.15) is 47.2 Å². The molecule has 0 spiro atoms. The average molecular weight is 1130 g/mol. The normalized spacial score (nSPS) is 12.1. The molecule has 0 unspecified atom stereocenters. The fraction of sp³-hybridized carbons (Fsp3) is 0.358. The first-order valence-corrected chi connectivity index (χ1v) is 25.3. The Morgan fingerprint density at radius 1 is 0.469 bits per heavy atom. The number of anilines is 4. The fourth-order valence-corrected chi connectivity index (χ4v) is 7.85. The van der Waals surface area contributed by atoms with E-state index in [9.17, 15) is 43.5 Å². The van der Waals surface area contributed by atoms with Crippen molar-refractivity contribution in [1.82, 2.24) is 16.0 Å². The van der Waals surface area contributed by atoms with Gasteiger partial charge >= 0.3 is 0 Å². The van der Waals surface area contributed by atoms with Crippen molar-refractivity contribution >= 4 is 81.9 Å². The van der Waals surface area contributed by atoms with E-state index in [0.29, 0.717) is 19.3 Å². The van der Waals surface area contributed by atoms with Crippen LogP contribution in [-0.2, 0) is 19.2 Å². The molecule has 0 aliphatic carbocycles. The highest BCUT2D eigenvalue weighted by Crippen LogP contribution is 2.28. The van der Waals surface area contributed by atoms with Gasteiger partial charge in [0, 0.05) is 35.8 Å². The Labute approximate surface area is 466 Å². The van der Waals surface area contributed by atoms with E-state index in [1.807, 2.05) is 0 Å². The number of amides is 8. The third-order valence-corrected chi connectivity index (χ3v) is 12.0. The third-order valence-electron chi connectivity index (χ3n) is 12.0. The highest BCUT2D eigenvalue weighted by molar-refractivity contribution is 6.07. The minimum absolute atomic E-state index is 0.00359. The number of aliphatic hydroxyl groups excluding tert-OH is 1. The first kappa shape index (κ1) is 63.8. The number of ether oxygens (including phenoxy) is 4. The van der Waals surface area contributed by atoms with Crippen LogP contribution in [0.3, 0.4) is 0 Å². The third kappa shape index (κ3) is 19.3. The summed E-state index contributed by atoms with van der Waals surface area (Å²) < 4.78 is 21.6. The van der Waals surface area contributed by atoms with Gasteiger partial charge in [-0.3, -0.25) is 48.3 Å². The SMILES string of the molecule is CCC[C@@H](NC(=O)c1cc(NC(=O)[C@@H](CCCCN=C(N)N)NC(=O)c2cc(NC(=O)[C@H](N)CO)ccc2OC)ccc1OC)C(=O)Nc1ccc(OC)c(C(=O)N[C@H](CCCN=C(N)N)C(=O)Nc2ccc(OC)c(C(N)=O)c2)c1. The molecule has 20 N–H and O–H groups in total. The molecule has 4 rings (SSSR count). The number of aliphatic hydroxyl groups is 1. The first-order chi connectivity index (χ1) is 38.7. The quantitative estimate of drug-likeness (QED) is 0.0186. The number of primary amides is 1. The minimum atomic E-state index is -1.23. The summed E-state index contributed by atoms with van der Waals surface area (Å²) in [5, 5.41) is 28.1. The number of hydrogen-bond acceptors (Lipinski definition) is 16. The first-order valence-electron chi connectivity index (χ1n) is 25.3. The van der Waals surface area contributed by atoms with Crippen LogP contribution in [0.4, 0.5) is 22.7 Å². The zero-order chi connectivity index (χ0) is 59.8. The van der Waals surface area contributed by atoms with Crippen molar-refractivity contribution in [2.75, 3.05) is 69.4 Å². The molecule has 0 radical (unpaired) electrons. The van der Waals surface area contributed by atoms with Crippen LogP contribution in [0, 0.1) is 0 Å². The van der Waals surface area contributed by atoms with Crippen LogP contribution >= 0.6 is 0 Å². The number of nitrogens with two attached hydrogens (primary N) is 6. The molecule has 0 heterocycles. The molecule has 0 fully saturated rings. The molecule has 0 aliphatic heterocycles. The molecule has 28 heteroatoms. The number of carbonyl (C=O) groups excluding carboxylic acids is 8. The molecule has 0 bridgehead atoms. The molecule has 81 heavy (non-hydrogen) atoms. The Balaban J connectivity index is 1.56. The summed E-state index contributed by atoms with van der Waals surface area (Å²) in [6.07, 6.45) is 1.75. The summed E-state index contributed by atoms with van der Waals surface area (Å²) in [4.78, 5) is 116. The number of hydrogen-bond donors (Lipinski definition) is 14. The van der Waals surface area contributed by atoms with Crippen LogP contribution in [0.5, 0.6) is 23.0 Å². The second-order valence-corrected chi connectivity index (χ2v) is 17.9. The van der Waals surface area contributed by atoms with Gasteiger partial charge in [-0.25, -0.2) is 0 Å². The molecule has 0 saturated heterocycles. The van der Waals surface area contributed by atoms with E-state index in [-0.39, 0.29) is 119 Å². The van der Waals surface area contributed by atoms with Crippen molar-refractivity contribution in [1.29, 1.82) is 0 Å². The predicted molar refractivity (Wildman–Crippen MR) is 303 cm³/mol. The van der Waals surface area contributed by atoms with Crippen LogP contribution in [0.2, 0.25) is 0 Å². The Morgan fingerprint density at radius 2 is 0.790 bits per heavy atom. The van der Waals surface area contributed by atoms with Crippen LogP contribution in [0.25, 0.3) is 0 Å². The number of nitrogens with one attached hydrogen (secondary N) is 7. The van der Waals surface area contributed by atoms with Gasteiger partial charge in [0.2, 0.25) is 23.6 Å². The second-order valence-electron chi connectivity index (χ2n) is 17.9. The smallest absolute Gasteiger partial charge is 0.255 e. The zero-order valence-corrected chi connectivity index (χ0v) is 45.5. The molecule has 4 aromatic rings. The van der Waals surface area contributed by atoms with Gasteiger partial charge in [0.05, 0.1) is 57.3 Å². The highest BCUT2D eigenvalue weighted by Gasteiger charge is 2.29. The van der Waals surface area contributed by atoms with Crippen molar-refractivity contribution in [3.63, 3.8) is 0 Å². The Hall–Kier alpha value is -9.70. The average Bonchev–Trinajstić information content (AvgIpc) is 3.49. The molecule has 436 valence electrons. The second kappa shape index (κ2) is 31.6. The lowest BCUT2D eigenvalue weighted by Crippen LogP contribution is -2.44. The molecule has 0 aromatic heterocycles. The van der Waals surface area contributed by atoms with E-state index >= 15 is 0 Å². The molecule has 0 aliphatic rings. The van der Waals surface area contributed by atoms with Gasteiger partial charge < -0.3 is 95.7 Å². The van der Waals surface area contributed by atoms with Crippen molar-refractivity contribution in [3.05, 3.63) is 95.1 Å². The van der Waals surface area contributed by atoms with E-state index in [2.05, 4.69) is 47.2 Å². The van der Waals surface area contributed by atoms with Crippen LogP contribution in [-0.4, -0.2) is 137 Å². The van der Waals surface area contributed by atoms with E-state index in [0.717, 1.165) is 0 Å². The largest absolute Gasteiger partial charge is 0.496 e. The number of carbonyl (C=O) groups is 8. The fourth-order valence-electron chi connectivity index (χ4n) is 7.85. The molecular weight excluding hydrogens is 1050 g/mol. The van der Waals surface area contributed by atoms with E-state index in [1.54, 1.807) is 6.92 Å². The number of unbranched alkanes of at least 4 members (excludes halogenated alkanes) is 1. The van der Waals surface area contributed by atoms with Crippen molar-refractivity contribution < 1.29 is 62.4 Å². The van der Waals surface area contributed by atoms with Crippen LogP contribution < -0.4 is 90.6 Å². The lowest BCUT2D eigenvalue weighted by molar-refractivity contribution is -0.118. The number of nitrogens with zero attached hydrogens (tertiary/aromatic N) is 2. The number of guanidine groups is 2. The summed E-state index contributed by atoms with van der Waals surface area (Å²) in [6.45, 7) is 1.54. The Bertz CT molecular complexity index is 2960. The number of rotatable bonds is 31. The van der Waals surface area contributed by atoms with Gasteiger partial charge in [-0.2, -0.15) is 0 Å². The van der Waals surface area contributed by atoms with Gasteiger partial charge in [0.25, 0.3) is 23.6 Å². The van der Waals surface area contributed by atoms with Crippen LogP contribution in [0.1, 0.15) is 93.3 Å². The van der Waals surface area contributed by atoms with E-state index in [1.165, 1.54) is 101 Å². The lowest BCUT2D eigenvalue weighted by Gasteiger charge is -2.21. The van der Waals surface area contributed by atoms with Gasteiger partial charge in [-0.1, -0.05) is 13.3 Å². The molecule has 8 amide bonds. The minimum Gasteiger partial charge on any atom is -0.496 e. The van der Waals surface area contributed by atoms with Crippen molar-refractivity contribution in [2.45, 2.75) is 76.0 Å². The van der Waals surface area contributed by atoms with E-state index < -0.39 is 78.0 Å².